The lowest BCUT2D eigenvalue weighted by atomic mass is 10.1. The van der Waals surface area contributed by atoms with Crippen molar-refractivity contribution in [3.8, 4) is 11.3 Å². The predicted octanol–water partition coefficient (Wildman–Crippen LogP) is 4.55. The number of hydrogen-bond acceptors (Lipinski definition) is 6. The van der Waals surface area contributed by atoms with Crippen molar-refractivity contribution in [1.82, 2.24) is 4.98 Å². The van der Waals surface area contributed by atoms with Crippen molar-refractivity contribution >= 4 is 27.9 Å². The highest BCUT2D eigenvalue weighted by Crippen LogP contribution is 2.24. The second kappa shape index (κ2) is 7.01. The summed E-state index contributed by atoms with van der Waals surface area (Å²) in [7, 11) is 0. The van der Waals surface area contributed by atoms with E-state index in [1.165, 1.54) is 23.5 Å². The van der Waals surface area contributed by atoms with Crippen LogP contribution in [0.3, 0.4) is 0 Å². The molecule has 3 rings (SSSR count). The van der Waals surface area contributed by atoms with Gasteiger partial charge in [0.15, 0.2) is 0 Å². The van der Waals surface area contributed by atoms with E-state index >= 15 is 0 Å². The van der Waals surface area contributed by atoms with Gasteiger partial charge in [0.05, 0.1) is 16.3 Å². The van der Waals surface area contributed by atoms with Gasteiger partial charge in [-0.05, 0) is 24.6 Å². The van der Waals surface area contributed by atoms with Crippen molar-refractivity contribution in [1.29, 1.82) is 0 Å². The molecule has 0 saturated heterocycles. The molecule has 0 saturated carbocycles. The van der Waals surface area contributed by atoms with Gasteiger partial charge in [-0.25, -0.2) is 4.98 Å². The summed E-state index contributed by atoms with van der Waals surface area (Å²) in [6.45, 7) is 1.83. The Morgan fingerprint density at radius 3 is 2.54 bits per heavy atom. The summed E-state index contributed by atoms with van der Waals surface area (Å²) in [5.74, 6) is 0. The number of anilines is 1. The van der Waals surface area contributed by atoms with E-state index in [1.807, 2.05) is 42.6 Å². The first-order valence-electron chi connectivity index (χ1n) is 7.19. The first kappa shape index (κ1) is 15.8. The maximum atomic E-state index is 10.7. The van der Waals surface area contributed by atoms with E-state index in [0.29, 0.717) is 5.13 Å². The molecule has 6 nitrogen and oxygen atoms in total. The Morgan fingerprint density at radius 1 is 1.17 bits per heavy atom. The van der Waals surface area contributed by atoms with Gasteiger partial charge in [0.1, 0.15) is 0 Å². The van der Waals surface area contributed by atoms with Gasteiger partial charge in [0, 0.05) is 23.1 Å². The lowest BCUT2D eigenvalue weighted by molar-refractivity contribution is -0.384. The van der Waals surface area contributed by atoms with E-state index in [0.717, 1.165) is 22.5 Å². The van der Waals surface area contributed by atoms with Crippen molar-refractivity contribution in [2.75, 3.05) is 5.43 Å². The Labute approximate surface area is 142 Å². The van der Waals surface area contributed by atoms with Gasteiger partial charge in [-0.3, -0.25) is 15.5 Å². The molecule has 0 amide bonds. The van der Waals surface area contributed by atoms with Gasteiger partial charge < -0.3 is 0 Å². The molecule has 7 heteroatoms. The summed E-state index contributed by atoms with van der Waals surface area (Å²) < 4.78 is 0. The third kappa shape index (κ3) is 3.64. The van der Waals surface area contributed by atoms with Gasteiger partial charge in [0.2, 0.25) is 5.13 Å². The van der Waals surface area contributed by atoms with Gasteiger partial charge in [-0.1, -0.05) is 30.3 Å². The fourth-order valence-electron chi connectivity index (χ4n) is 2.09. The Hall–Kier alpha value is -3.06. The highest BCUT2D eigenvalue weighted by atomic mass is 32.1. The fourth-order valence-corrected chi connectivity index (χ4v) is 2.75. The van der Waals surface area contributed by atoms with Crippen molar-refractivity contribution < 1.29 is 4.92 Å². The normalized spacial score (nSPS) is 11.3. The number of non-ortho nitro benzene ring substituents is 1. The van der Waals surface area contributed by atoms with Crippen LogP contribution in [0.2, 0.25) is 0 Å². The third-order valence-corrected chi connectivity index (χ3v) is 4.14. The molecule has 0 radical (unpaired) electrons. The summed E-state index contributed by atoms with van der Waals surface area (Å²) in [6.07, 6.45) is 0. The molecule has 2 aromatic carbocycles. The monoisotopic (exact) mass is 338 g/mol. The summed E-state index contributed by atoms with van der Waals surface area (Å²) in [5, 5.41) is 17.6. The number of nitrogens with zero attached hydrogens (tertiary/aromatic N) is 3. The molecule has 0 fully saturated rings. The first-order valence-corrected chi connectivity index (χ1v) is 8.07. The Morgan fingerprint density at radius 2 is 1.88 bits per heavy atom. The van der Waals surface area contributed by atoms with Crippen molar-refractivity contribution in [2.45, 2.75) is 6.92 Å². The molecule has 120 valence electrons. The maximum Gasteiger partial charge on any atom is 0.269 e. The van der Waals surface area contributed by atoms with Gasteiger partial charge in [-0.2, -0.15) is 5.10 Å². The number of hydrazone groups is 1. The van der Waals surface area contributed by atoms with E-state index < -0.39 is 4.92 Å². The molecular formula is C17H14N4O2S. The number of aromatic nitrogens is 1. The molecule has 0 unspecified atom stereocenters. The molecule has 0 aliphatic heterocycles. The quantitative estimate of drug-likeness (QED) is 0.420. The van der Waals surface area contributed by atoms with Crippen LogP contribution in [-0.4, -0.2) is 15.6 Å². The number of nitrogens with one attached hydrogen (secondary N) is 1. The van der Waals surface area contributed by atoms with Crippen LogP contribution >= 0.6 is 11.3 Å². The predicted molar refractivity (Wildman–Crippen MR) is 96.5 cm³/mol. The van der Waals surface area contributed by atoms with Gasteiger partial charge in [0.25, 0.3) is 5.69 Å². The number of benzene rings is 2. The zero-order valence-electron chi connectivity index (χ0n) is 12.8. The number of hydrogen-bond donors (Lipinski definition) is 1. The molecule has 0 atom stereocenters. The molecule has 0 bridgehead atoms. The minimum Gasteiger partial charge on any atom is -0.258 e. The van der Waals surface area contributed by atoms with E-state index in [1.54, 1.807) is 12.1 Å². The van der Waals surface area contributed by atoms with Crippen molar-refractivity contribution in [2.24, 2.45) is 5.10 Å². The average molecular weight is 338 g/mol. The highest BCUT2D eigenvalue weighted by molar-refractivity contribution is 7.14. The van der Waals surface area contributed by atoms with Gasteiger partial charge in [-0.15, -0.1) is 11.3 Å². The van der Waals surface area contributed by atoms with Crippen LogP contribution in [0.1, 0.15) is 12.5 Å². The molecule has 0 spiro atoms. The molecule has 0 aliphatic rings. The lowest BCUT2D eigenvalue weighted by Crippen LogP contribution is -2.00. The molecular weight excluding hydrogens is 324 g/mol. The minimum atomic E-state index is -0.421. The van der Waals surface area contributed by atoms with Crippen LogP contribution in [0.5, 0.6) is 0 Å². The Balaban J connectivity index is 1.71. The number of rotatable bonds is 5. The summed E-state index contributed by atoms with van der Waals surface area (Å²) in [4.78, 5) is 14.7. The summed E-state index contributed by atoms with van der Waals surface area (Å²) in [6, 6.07) is 16.2. The van der Waals surface area contributed by atoms with Gasteiger partial charge >= 0.3 is 0 Å². The smallest absolute Gasteiger partial charge is 0.258 e. The van der Waals surface area contributed by atoms with E-state index in [2.05, 4.69) is 15.5 Å². The standard InChI is InChI=1S/C17H14N4O2S/c1-12(13-7-9-15(10-8-13)21(22)23)19-20-17-18-16(11-24-17)14-5-3-2-4-6-14/h2-11H,1H3,(H,18,20)/b19-12-. The number of thiazole rings is 1. The van der Waals surface area contributed by atoms with Crippen molar-refractivity contribution in [3.63, 3.8) is 0 Å². The zero-order chi connectivity index (χ0) is 16.9. The molecule has 0 aliphatic carbocycles. The van der Waals surface area contributed by atoms with Crippen LogP contribution in [0.4, 0.5) is 10.8 Å². The molecule has 1 heterocycles. The van der Waals surface area contributed by atoms with E-state index in [9.17, 15) is 10.1 Å². The second-order valence-electron chi connectivity index (χ2n) is 5.02. The first-order chi connectivity index (χ1) is 11.6. The SMILES string of the molecule is C/C(=N/Nc1nc(-c2ccccc2)cs1)c1ccc([N+](=O)[O-])cc1. The summed E-state index contributed by atoms with van der Waals surface area (Å²) >= 11 is 1.47. The highest BCUT2D eigenvalue weighted by Gasteiger charge is 2.06. The van der Waals surface area contributed by atoms with Crippen LogP contribution in [0.25, 0.3) is 11.3 Å². The lowest BCUT2D eigenvalue weighted by Gasteiger charge is -2.01. The largest absolute Gasteiger partial charge is 0.269 e. The van der Waals surface area contributed by atoms with Crippen molar-refractivity contribution in [3.05, 3.63) is 75.7 Å². The molecule has 1 N–H and O–H groups in total. The van der Waals surface area contributed by atoms with Crippen LogP contribution in [-0.2, 0) is 0 Å². The number of nitro benzene ring substituents is 1. The van der Waals surface area contributed by atoms with Crippen LogP contribution < -0.4 is 5.43 Å². The molecule has 3 aromatic rings. The van der Waals surface area contributed by atoms with E-state index in [4.69, 9.17) is 0 Å². The molecule has 1 aromatic heterocycles. The maximum absolute atomic E-state index is 10.7. The topological polar surface area (TPSA) is 80.4 Å². The number of nitro groups is 1. The zero-order valence-corrected chi connectivity index (χ0v) is 13.7. The van der Waals surface area contributed by atoms with Crippen LogP contribution in [0.15, 0.2) is 65.1 Å². The average Bonchev–Trinajstić information content (AvgIpc) is 3.09. The Kier molecular flexibility index (Phi) is 4.62. The van der Waals surface area contributed by atoms with E-state index in [-0.39, 0.29) is 5.69 Å². The second-order valence-corrected chi connectivity index (χ2v) is 5.88. The molecule has 24 heavy (non-hydrogen) atoms. The Bertz CT molecular complexity index is 873. The van der Waals surface area contributed by atoms with Crippen LogP contribution in [0, 0.1) is 10.1 Å². The fraction of sp³-hybridized carbons (Fsp3) is 0.0588. The third-order valence-electron chi connectivity index (χ3n) is 3.39. The summed E-state index contributed by atoms with van der Waals surface area (Å²) in [5.41, 5.74) is 6.48. The minimum absolute atomic E-state index is 0.0620.